The lowest BCUT2D eigenvalue weighted by molar-refractivity contribution is 0.273. The molecule has 1 aliphatic heterocycles. The van der Waals surface area contributed by atoms with Crippen molar-refractivity contribution in [1.29, 1.82) is 0 Å². The Morgan fingerprint density at radius 2 is 1.97 bits per heavy atom. The van der Waals surface area contributed by atoms with Crippen molar-refractivity contribution in [2.75, 3.05) is 33.3 Å². The fourth-order valence-corrected chi connectivity index (χ4v) is 3.60. The third-order valence-electron chi connectivity index (χ3n) is 5.55. The van der Waals surface area contributed by atoms with Gasteiger partial charge in [-0.25, -0.2) is 0 Å². The van der Waals surface area contributed by atoms with Gasteiger partial charge in [-0.1, -0.05) is 26.0 Å². The summed E-state index contributed by atoms with van der Waals surface area (Å²) in [5, 5.41) is 11.8. The Hall–Kier alpha value is -1.84. The number of piperidine rings is 1. The molecule has 1 fully saturated rings. The predicted molar refractivity (Wildman–Crippen MR) is 132 cm³/mol. The average molecular weight is 526 g/mol. The van der Waals surface area contributed by atoms with Gasteiger partial charge in [0.15, 0.2) is 5.96 Å². The van der Waals surface area contributed by atoms with E-state index in [1.807, 2.05) is 18.5 Å². The topological polar surface area (TPSA) is 67.6 Å². The van der Waals surface area contributed by atoms with Crippen LogP contribution in [0.15, 0.2) is 35.6 Å². The maximum Gasteiger partial charge on any atom is 0.193 e. The van der Waals surface area contributed by atoms with E-state index in [0.29, 0.717) is 0 Å². The van der Waals surface area contributed by atoms with Crippen LogP contribution >= 0.6 is 24.0 Å². The monoisotopic (exact) mass is 526 g/mol. The first-order chi connectivity index (χ1) is 14.2. The summed E-state index contributed by atoms with van der Waals surface area (Å²) in [7, 11) is 1.69. The molecule has 166 valence electrons. The zero-order chi connectivity index (χ0) is 20.5. The predicted octanol–water partition coefficient (Wildman–Crippen LogP) is 3.39. The van der Waals surface area contributed by atoms with Gasteiger partial charge in [-0.3, -0.25) is 4.99 Å². The Balaban J connectivity index is 0.00000320. The van der Waals surface area contributed by atoms with Gasteiger partial charge in [0.05, 0.1) is 7.11 Å². The van der Waals surface area contributed by atoms with Crippen LogP contribution in [0, 0.1) is 5.92 Å². The molecule has 0 spiro atoms. The van der Waals surface area contributed by atoms with E-state index < -0.39 is 0 Å². The van der Waals surface area contributed by atoms with Crippen LogP contribution in [-0.2, 0) is 19.4 Å². The molecule has 1 aliphatic rings. The van der Waals surface area contributed by atoms with Gasteiger partial charge in [-0.05, 0) is 42.9 Å². The minimum Gasteiger partial charge on any atom is -0.497 e. The summed E-state index contributed by atoms with van der Waals surface area (Å²) in [6, 6.07) is 8.24. The van der Waals surface area contributed by atoms with Crippen LogP contribution in [0.3, 0.4) is 0 Å². The number of ether oxygens (including phenoxy) is 1. The molecule has 1 aromatic carbocycles. The highest BCUT2D eigenvalue weighted by Gasteiger charge is 2.18. The van der Waals surface area contributed by atoms with E-state index in [1.54, 1.807) is 7.11 Å². The highest BCUT2D eigenvalue weighted by molar-refractivity contribution is 14.0. The van der Waals surface area contributed by atoms with Gasteiger partial charge < -0.3 is 19.5 Å². The van der Waals surface area contributed by atoms with E-state index in [4.69, 9.17) is 9.73 Å². The van der Waals surface area contributed by atoms with E-state index in [9.17, 15) is 0 Å². The van der Waals surface area contributed by atoms with Gasteiger partial charge in [0.2, 0.25) is 0 Å². The molecule has 0 amide bonds. The third-order valence-corrected chi connectivity index (χ3v) is 5.55. The zero-order valence-corrected chi connectivity index (χ0v) is 20.7. The second kappa shape index (κ2) is 12.8. The van der Waals surface area contributed by atoms with Crippen molar-refractivity contribution in [3.63, 3.8) is 0 Å². The first kappa shape index (κ1) is 24.4. The van der Waals surface area contributed by atoms with Crippen LogP contribution in [0.4, 0.5) is 0 Å². The molecule has 30 heavy (non-hydrogen) atoms. The molecule has 3 rings (SSSR count). The number of likely N-dealkylation sites (tertiary alicyclic amines) is 1. The van der Waals surface area contributed by atoms with Crippen LogP contribution < -0.4 is 10.1 Å². The van der Waals surface area contributed by atoms with Crippen molar-refractivity contribution in [2.45, 2.75) is 46.1 Å². The third kappa shape index (κ3) is 7.14. The molecule has 1 saturated heterocycles. The summed E-state index contributed by atoms with van der Waals surface area (Å²) in [6.07, 6.45) is 6.08. The van der Waals surface area contributed by atoms with Gasteiger partial charge in [-0.15, -0.1) is 34.2 Å². The number of hydrogen-bond donors (Lipinski definition) is 1. The number of aliphatic imine (C=N–C) groups is 1. The summed E-state index contributed by atoms with van der Waals surface area (Å²) < 4.78 is 7.35. The van der Waals surface area contributed by atoms with Crippen molar-refractivity contribution >= 4 is 29.9 Å². The molecule has 0 radical (unpaired) electrons. The molecule has 2 heterocycles. The second-order valence-electron chi connectivity index (χ2n) is 7.69. The van der Waals surface area contributed by atoms with Crippen molar-refractivity contribution in [2.24, 2.45) is 10.9 Å². The highest BCUT2D eigenvalue weighted by Crippen LogP contribution is 2.16. The lowest BCUT2D eigenvalue weighted by Crippen LogP contribution is -2.46. The zero-order valence-electron chi connectivity index (χ0n) is 18.4. The van der Waals surface area contributed by atoms with E-state index in [1.165, 1.54) is 18.4 Å². The van der Waals surface area contributed by atoms with Crippen molar-refractivity contribution in [3.8, 4) is 5.75 Å². The van der Waals surface area contributed by atoms with Crippen LogP contribution in [0.2, 0.25) is 0 Å². The second-order valence-corrected chi connectivity index (χ2v) is 7.69. The Morgan fingerprint density at radius 3 is 2.63 bits per heavy atom. The van der Waals surface area contributed by atoms with Gasteiger partial charge in [0, 0.05) is 39.1 Å². The molecule has 2 aromatic rings. The molecule has 8 heteroatoms. The first-order valence-corrected chi connectivity index (χ1v) is 10.7. The Kier molecular flexibility index (Phi) is 10.4. The van der Waals surface area contributed by atoms with Crippen molar-refractivity contribution < 1.29 is 4.74 Å². The fourth-order valence-electron chi connectivity index (χ4n) is 3.60. The molecule has 1 N–H and O–H groups in total. The largest absolute Gasteiger partial charge is 0.497 e. The Morgan fingerprint density at radius 1 is 1.23 bits per heavy atom. The van der Waals surface area contributed by atoms with Crippen LogP contribution in [0.1, 0.15) is 38.1 Å². The number of rotatable bonds is 8. The Labute approximate surface area is 197 Å². The molecular weight excluding hydrogens is 491 g/mol. The maximum absolute atomic E-state index is 5.24. The van der Waals surface area contributed by atoms with Gasteiger partial charge in [0.25, 0.3) is 0 Å². The molecule has 0 aliphatic carbocycles. The molecule has 7 nitrogen and oxygen atoms in total. The highest BCUT2D eigenvalue weighted by atomic mass is 127. The maximum atomic E-state index is 5.24. The summed E-state index contributed by atoms with van der Waals surface area (Å²) in [6.45, 7) is 9.02. The summed E-state index contributed by atoms with van der Waals surface area (Å²) in [4.78, 5) is 7.34. The number of nitrogens with one attached hydrogen (secondary N) is 1. The van der Waals surface area contributed by atoms with Crippen LogP contribution in [-0.4, -0.2) is 58.9 Å². The number of guanidine groups is 1. The average Bonchev–Trinajstić information content (AvgIpc) is 3.21. The standard InChI is InChI=1S/C22H34N6O.HI/c1-4-21-26-25-17-28(21)16-13-24-22(27-14-10-18(2)11-15-27)23-12-9-19-5-7-20(29-3)8-6-19;/h5-8,17-18H,4,9-16H2,1-3H3,(H,23,24);1H. The lowest BCUT2D eigenvalue weighted by Gasteiger charge is -2.33. The molecule has 0 atom stereocenters. The molecule has 0 unspecified atom stereocenters. The van der Waals surface area contributed by atoms with Crippen molar-refractivity contribution in [1.82, 2.24) is 25.0 Å². The van der Waals surface area contributed by atoms with Gasteiger partial charge in [0.1, 0.15) is 17.9 Å². The quantitative estimate of drug-likeness (QED) is 0.325. The number of hydrogen-bond acceptors (Lipinski definition) is 4. The number of halogens is 1. The number of methoxy groups -OCH3 is 1. The SMILES string of the molecule is CCc1nncn1CCNC(=NCCc1ccc(OC)cc1)N1CCC(C)CC1.I. The molecular formula is C22H35IN6O. The number of aromatic nitrogens is 3. The minimum atomic E-state index is 0. The summed E-state index contributed by atoms with van der Waals surface area (Å²) in [5.41, 5.74) is 1.28. The Bertz CT molecular complexity index is 768. The molecule has 1 aromatic heterocycles. The number of aryl methyl sites for hydroxylation is 1. The normalized spacial score (nSPS) is 15.0. The molecule has 0 bridgehead atoms. The van der Waals surface area contributed by atoms with E-state index in [0.717, 1.165) is 69.0 Å². The summed E-state index contributed by atoms with van der Waals surface area (Å²) >= 11 is 0. The minimum absolute atomic E-state index is 0. The lowest BCUT2D eigenvalue weighted by atomic mass is 10.00. The van der Waals surface area contributed by atoms with Crippen LogP contribution in [0.5, 0.6) is 5.75 Å². The van der Waals surface area contributed by atoms with E-state index in [-0.39, 0.29) is 24.0 Å². The van der Waals surface area contributed by atoms with Gasteiger partial charge >= 0.3 is 0 Å². The van der Waals surface area contributed by atoms with E-state index >= 15 is 0 Å². The van der Waals surface area contributed by atoms with Crippen molar-refractivity contribution in [3.05, 3.63) is 42.0 Å². The van der Waals surface area contributed by atoms with E-state index in [2.05, 4.69) is 51.0 Å². The first-order valence-electron chi connectivity index (χ1n) is 10.7. The van der Waals surface area contributed by atoms with Crippen LogP contribution in [0.25, 0.3) is 0 Å². The number of nitrogens with zero attached hydrogens (tertiary/aromatic N) is 5. The smallest absolute Gasteiger partial charge is 0.193 e. The fraction of sp³-hybridized carbons (Fsp3) is 0.591. The van der Waals surface area contributed by atoms with Gasteiger partial charge in [-0.2, -0.15) is 0 Å². The molecule has 0 saturated carbocycles. The number of benzene rings is 1. The summed E-state index contributed by atoms with van der Waals surface area (Å²) in [5.74, 6) is 3.74.